The van der Waals surface area contributed by atoms with E-state index in [0.717, 1.165) is 18.6 Å². The predicted molar refractivity (Wildman–Crippen MR) is 75.0 cm³/mol. The Labute approximate surface area is 127 Å². The highest BCUT2D eigenvalue weighted by atomic mass is 19.3. The maximum absolute atomic E-state index is 12.8. The van der Waals surface area contributed by atoms with Gasteiger partial charge in [0.25, 0.3) is 0 Å². The highest BCUT2D eigenvalue weighted by Gasteiger charge is 2.43. The zero-order chi connectivity index (χ0) is 16.9. The van der Waals surface area contributed by atoms with Crippen molar-refractivity contribution in [1.82, 2.24) is 0 Å². The molecule has 126 valence electrons. The van der Waals surface area contributed by atoms with Crippen molar-refractivity contribution >= 4 is 0 Å². The Hall–Kier alpha value is -1.34. The highest BCUT2D eigenvalue weighted by Crippen LogP contribution is 2.28. The van der Waals surface area contributed by atoms with Gasteiger partial charge < -0.3 is 15.6 Å². The minimum absolute atomic E-state index is 0.391. The number of benzene rings is 1. The Morgan fingerprint density at radius 2 is 1.68 bits per heavy atom. The van der Waals surface area contributed by atoms with E-state index in [1.165, 1.54) is 12.1 Å². The van der Waals surface area contributed by atoms with Gasteiger partial charge in [0, 0.05) is 0 Å². The number of hydrogen-bond donors (Lipinski definition) is 2. The van der Waals surface area contributed by atoms with Gasteiger partial charge in [-0.1, -0.05) is 26.0 Å². The summed E-state index contributed by atoms with van der Waals surface area (Å²) in [5.74, 6) is 0.0344. The zero-order valence-electron chi connectivity index (χ0n) is 12.5. The summed E-state index contributed by atoms with van der Waals surface area (Å²) in [7, 11) is 0. The lowest BCUT2D eigenvalue weighted by Gasteiger charge is -2.21. The largest absolute Gasteiger partial charge is 0.461 e. The van der Waals surface area contributed by atoms with Crippen LogP contribution in [0.5, 0.6) is 5.75 Å². The first-order valence-corrected chi connectivity index (χ1v) is 7.02. The first kappa shape index (κ1) is 18.7. The Morgan fingerprint density at radius 1 is 1.14 bits per heavy atom. The van der Waals surface area contributed by atoms with Gasteiger partial charge in [0.15, 0.2) is 0 Å². The SMILES string of the molecule is CC(C)CC[C@@H](O)[C@@H](N)c1ccc(OC(F)(F)C(F)F)cc1. The van der Waals surface area contributed by atoms with E-state index in [0.29, 0.717) is 17.9 Å². The minimum Gasteiger partial charge on any atom is -0.428 e. The summed E-state index contributed by atoms with van der Waals surface area (Å²) in [4.78, 5) is 0. The van der Waals surface area contributed by atoms with Crippen LogP contribution in [0.4, 0.5) is 17.6 Å². The maximum atomic E-state index is 12.8. The van der Waals surface area contributed by atoms with Gasteiger partial charge in [0.1, 0.15) is 5.75 Å². The average Bonchev–Trinajstić information content (AvgIpc) is 2.44. The van der Waals surface area contributed by atoms with Crippen LogP contribution >= 0.6 is 0 Å². The number of halogens is 4. The van der Waals surface area contributed by atoms with Gasteiger partial charge in [-0.05, 0) is 36.5 Å². The second-order valence-corrected chi connectivity index (χ2v) is 5.60. The number of aliphatic hydroxyl groups excluding tert-OH is 1. The summed E-state index contributed by atoms with van der Waals surface area (Å²) in [6.07, 6.45) is -7.90. The number of alkyl halides is 4. The normalized spacial score (nSPS) is 15.2. The van der Waals surface area contributed by atoms with Gasteiger partial charge in [-0.2, -0.15) is 17.6 Å². The molecule has 1 rings (SSSR count). The van der Waals surface area contributed by atoms with Crippen LogP contribution in [0.3, 0.4) is 0 Å². The lowest BCUT2D eigenvalue weighted by molar-refractivity contribution is -0.253. The number of nitrogens with two attached hydrogens (primary N) is 1. The topological polar surface area (TPSA) is 55.5 Å². The second kappa shape index (κ2) is 7.78. The van der Waals surface area contributed by atoms with Crippen molar-refractivity contribution in [2.24, 2.45) is 11.7 Å². The fourth-order valence-electron chi connectivity index (χ4n) is 1.87. The van der Waals surface area contributed by atoms with E-state index >= 15 is 0 Å². The van der Waals surface area contributed by atoms with Gasteiger partial charge in [0.05, 0.1) is 12.1 Å². The van der Waals surface area contributed by atoms with Crippen molar-refractivity contribution in [3.8, 4) is 5.75 Å². The molecule has 0 saturated carbocycles. The second-order valence-electron chi connectivity index (χ2n) is 5.60. The number of aliphatic hydroxyl groups is 1. The van der Waals surface area contributed by atoms with Crippen molar-refractivity contribution in [2.75, 3.05) is 0 Å². The van der Waals surface area contributed by atoms with E-state index in [4.69, 9.17) is 5.73 Å². The maximum Gasteiger partial charge on any atom is 0.461 e. The molecule has 3 N–H and O–H groups in total. The van der Waals surface area contributed by atoms with Gasteiger partial charge in [0.2, 0.25) is 0 Å². The van der Waals surface area contributed by atoms with E-state index < -0.39 is 30.4 Å². The minimum atomic E-state index is -4.54. The molecule has 0 aromatic heterocycles. The summed E-state index contributed by atoms with van der Waals surface area (Å²) >= 11 is 0. The molecule has 0 radical (unpaired) electrons. The van der Waals surface area contributed by atoms with Crippen LogP contribution in [0, 0.1) is 5.92 Å². The smallest absolute Gasteiger partial charge is 0.428 e. The lowest BCUT2D eigenvalue weighted by atomic mass is 9.96. The van der Waals surface area contributed by atoms with E-state index in [2.05, 4.69) is 4.74 Å². The monoisotopic (exact) mass is 323 g/mol. The van der Waals surface area contributed by atoms with Gasteiger partial charge in [-0.3, -0.25) is 0 Å². The zero-order valence-corrected chi connectivity index (χ0v) is 12.5. The van der Waals surface area contributed by atoms with Gasteiger partial charge >= 0.3 is 12.5 Å². The highest BCUT2D eigenvalue weighted by molar-refractivity contribution is 5.29. The van der Waals surface area contributed by atoms with Crippen molar-refractivity contribution < 1.29 is 27.4 Å². The third kappa shape index (κ3) is 5.46. The predicted octanol–water partition coefficient (Wildman–Crippen LogP) is 3.72. The van der Waals surface area contributed by atoms with E-state index in [1.54, 1.807) is 0 Å². The van der Waals surface area contributed by atoms with Crippen LogP contribution < -0.4 is 10.5 Å². The van der Waals surface area contributed by atoms with Crippen LogP contribution in [0.2, 0.25) is 0 Å². The Bertz CT molecular complexity index is 451. The standard InChI is InChI=1S/C15H21F4NO2/c1-9(2)3-8-12(21)13(20)10-4-6-11(7-5-10)22-15(18,19)14(16)17/h4-7,9,12-14,21H,3,8,20H2,1-2H3/t12-,13+/m1/s1. The first-order valence-electron chi connectivity index (χ1n) is 7.02. The summed E-state index contributed by atoms with van der Waals surface area (Å²) in [5, 5.41) is 9.97. The molecular weight excluding hydrogens is 302 g/mol. The van der Waals surface area contributed by atoms with E-state index in [1.807, 2.05) is 13.8 Å². The van der Waals surface area contributed by atoms with Crippen molar-refractivity contribution in [3.05, 3.63) is 29.8 Å². The molecule has 1 aromatic carbocycles. The quantitative estimate of drug-likeness (QED) is 0.717. The fourth-order valence-corrected chi connectivity index (χ4v) is 1.87. The molecule has 0 saturated heterocycles. The molecule has 0 fully saturated rings. The average molecular weight is 323 g/mol. The molecule has 0 bridgehead atoms. The lowest BCUT2D eigenvalue weighted by Crippen LogP contribution is -2.33. The third-order valence-corrected chi connectivity index (χ3v) is 3.23. The Morgan fingerprint density at radius 3 is 2.14 bits per heavy atom. The van der Waals surface area contributed by atoms with Gasteiger partial charge in [-0.15, -0.1) is 0 Å². The molecule has 0 aliphatic heterocycles. The molecule has 0 spiro atoms. The first-order chi connectivity index (χ1) is 10.1. The van der Waals surface area contributed by atoms with Crippen LogP contribution in [0.25, 0.3) is 0 Å². The Kier molecular flexibility index (Phi) is 6.62. The van der Waals surface area contributed by atoms with Crippen molar-refractivity contribution in [2.45, 2.75) is 51.4 Å². The van der Waals surface area contributed by atoms with Crippen molar-refractivity contribution in [1.29, 1.82) is 0 Å². The molecule has 22 heavy (non-hydrogen) atoms. The molecule has 0 unspecified atom stereocenters. The third-order valence-electron chi connectivity index (χ3n) is 3.23. The summed E-state index contributed by atoms with van der Waals surface area (Å²) < 4.78 is 53.5. The summed E-state index contributed by atoms with van der Waals surface area (Å²) in [6, 6.07) is 4.32. The van der Waals surface area contributed by atoms with Crippen LogP contribution in [0.15, 0.2) is 24.3 Å². The molecule has 1 aromatic rings. The molecular formula is C15H21F4NO2. The summed E-state index contributed by atoms with van der Waals surface area (Å²) in [6.45, 7) is 4.04. The molecule has 0 heterocycles. The molecule has 3 nitrogen and oxygen atoms in total. The fraction of sp³-hybridized carbons (Fsp3) is 0.600. The molecule has 0 amide bonds. The number of ether oxygens (including phenoxy) is 1. The summed E-state index contributed by atoms with van der Waals surface area (Å²) in [5.41, 5.74) is 6.41. The molecule has 2 atom stereocenters. The van der Waals surface area contributed by atoms with Crippen LogP contribution in [0.1, 0.15) is 38.3 Å². The van der Waals surface area contributed by atoms with E-state index in [9.17, 15) is 22.7 Å². The molecule has 7 heteroatoms. The Balaban J connectivity index is 2.68. The van der Waals surface area contributed by atoms with Crippen LogP contribution in [-0.4, -0.2) is 23.7 Å². The van der Waals surface area contributed by atoms with Gasteiger partial charge in [-0.25, -0.2) is 0 Å². The van der Waals surface area contributed by atoms with Crippen molar-refractivity contribution in [3.63, 3.8) is 0 Å². The number of hydrogen-bond acceptors (Lipinski definition) is 3. The molecule has 0 aliphatic rings. The number of rotatable bonds is 8. The molecule has 0 aliphatic carbocycles. The van der Waals surface area contributed by atoms with Crippen LogP contribution in [-0.2, 0) is 0 Å². The van der Waals surface area contributed by atoms with E-state index in [-0.39, 0.29) is 0 Å².